The predicted molar refractivity (Wildman–Crippen MR) is 141 cm³/mol. The lowest BCUT2D eigenvalue weighted by molar-refractivity contribution is 0.0945. The van der Waals surface area contributed by atoms with E-state index in [-0.39, 0.29) is 34.0 Å². The molecule has 1 N–H and O–H groups in total. The summed E-state index contributed by atoms with van der Waals surface area (Å²) in [4.78, 5) is 12.7. The second-order valence-electron chi connectivity index (χ2n) is 8.38. The molecule has 2 aromatic carbocycles. The molecule has 188 valence electrons. The molecule has 0 fully saturated rings. The Morgan fingerprint density at radius 3 is 2.14 bits per heavy atom. The van der Waals surface area contributed by atoms with Crippen LogP contribution in [-0.2, 0) is 19.7 Å². The normalized spacial score (nSPS) is 12.5. The van der Waals surface area contributed by atoms with Crippen LogP contribution in [0.25, 0.3) is 16.3 Å². The molecule has 0 radical (unpaired) electrons. The highest BCUT2D eigenvalue weighted by Gasteiger charge is 2.37. The fourth-order valence-corrected chi connectivity index (χ4v) is 8.24. The molecule has 0 atom stereocenters. The SMILES string of the molecule is CCCS(=O)(=O)c1c(S(=O)(=O)CCC)c2c3ccccc3ccn2c1C(=O)N/N=C\c1ccccc1. The van der Waals surface area contributed by atoms with Gasteiger partial charge in [-0.25, -0.2) is 22.3 Å². The Kier molecular flexibility index (Phi) is 7.28. The summed E-state index contributed by atoms with van der Waals surface area (Å²) >= 11 is 0. The van der Waals surface area contributed by atoms with E-state index in [1.165, 1.54) is 16.8 Å². The zero-order valence-corrected chi connectivity index (χ0v) is 21.6. The van der Waals surface area contributed by atoms with E-state index in [4.69, 9.17) is 0 Å². The number of pyridine rings is 1. The second-order valence-corrected chi connectivity index (χ2v) is 12.5. The number of carbonyl (C=O) groups is 1. The van der Waals surface area contributed by atoms with E-state index in [9.17, 15) is 21.6 Å². The summed E-state index contributed by atoms with van der Waals surface area (Å²) in [5.74, 6) is -1.37. The molecule has 4 aromatic rings. The fraction of sp³-hybridized carbons (Fsp3) is 0.231. The van der Waals surface area contributed by atoms with Crippen molar-refractivity contribution in [2.24, 2.45) is 5.10 Å². The Labute approximate surface area is 210 Å². The average Bonchev–Trinajstić information content (AvgIpc) is 3.22. The number of amides is 1. The molecule has 1 amide bonds. The monoisotopic (exact) mass is 525 g/mol. The molecule has 2 heterocycles. The zero-order valence-electron chi connectivity index (χ0n) is 20.0. The summed E-state index contributed by atoms with van der Waals surface area (Å²) < 4.78 is 55.5. The number of benzene rings is 2. The van der Waals surface area contributed by atoms with E-state index >= 15 is 0 Å². The lowest BCUT2D eigenvalue weighted by atomic mass is 10.1. The molecule has 2 aromatic heterocycles. The highest BCUT2D eigenvalue weighted by Crippen LogP contribution is 2.37. The van der Waals surface area contributed by atoms with Gasteiger partial charge in [0.15, 0.2) is 19.7 Å². The highest BCUT2D eigenvalue weighted by molar-refractivity contribution is 7.94. The van der Waals surface area contributed by atoms with Crippen molar-refractivity contribution in [1.29, 1.82) is 0 Å². The largest absolute Gasteiger partial charge is 0.309 e. The van der Waals surface area contributed by atoms with E-state index in [0.717, 1.165) is 10.9 Å². The van der Waals surface area contributed by atoms with E-state index in [1.807, 2.05) is 30.3 Å². The molecule has 0 unspecified atom stereocenters. The molecule has 0 aliphatic heterocycles. The maximum absolute atomic E-state index is 13.6. The Morgan fingerprint density at radius 1 is 0.861 bits per heavy atom. The number of aromatic nitrogens is 1. The van der Waals surface area contributed by atoms with Crippen molar-refractivity contribution in [2.45, 2.75) is 36.5 Å². The smallest absolute Gasteiger partial charge is 0.289 e. The number of sulfone groups is 2. The van der Waals surface area contributed by atoms with Crippen LogP contribution >= 0.6 is 0 Å². The van der Waals surface area contributed by atoms with Gasteiger partial charge in [-0.05, 0) is 29.9 Å². The first-order valence-corrected chi connectivity index (χ1v) is 14.9. The number of carbonyl (C=O) groups excluding carboxylic acids is 1. The van der Waals surface area contributed by atoms with E-state index in [2.05, 4.69) is 10.5 Å². The summed E-state index contributed by atoms with van der Waals surface area (Å²) in [7, 11) is -8.19. The van der Waals surface area contributed by atoms with Crippen LogP contribution in [-0.4, -0.2) is 44.9 Å². The van der Waals surface area contributed by atoms with E-state index in [1.54, 1.807) is 44.2 Å². The fourth-order valence-electron chi connectivity index (χ4n) is 4.25. The second kappa shape index (κ2) is 10.2. The van der Waals surface area contributed by atoms with Gasteiger partial charge in [0.25, 0.3) is 5.91 Å². The van der Waals surface area contributed by atoms with Gasteiger partial charge < -0.3 is 4.40 Å². The van der Waals surface area contributed by atoms with Gasteiger partial charge in [-0.1, -0.05) is 68.4 Å². The van der Waals surface area contributed by atoms with Crippen LogP contribution < -0.4 is 5.43 Å². The molecular weight excluding hydrogens is 498 g/mol. The van der Waals surface area contributed by atoms with Gasteiger partial charge in [0, 0.05) is 11.6 Å². The van der Waals surface area contributed by atoms with E-state index in [0.29, 0.717) is 11.8 Å². The lowest BCUT2D eigenvalue weighted by Gasteiger charge is -2.09. The van der Waals surface area contributed by atoms with Crippen LogP contribution in [0.15, 0.2) is 81.8 Å². The average molecular weight is 526 g/mol. The number of nitrogens with zero attached hydrogens (tertiary/aromatic N) is 2. The van der Waals surface area contributed by atoms with Gasteiger partial charge in [0.1, 0.15) is 15.5 Å². The Balaban J connectivity index is 2.05. The lowest BCUT2D eigenvalue weighted by Crippen LogP contribution is -2.23. The van der Waals surface area contributed by atoms with Crippen LogP contribution in [0.1, 0.15) is 42.7 Å². The maximum Gasteiger partial charge on any atom is 0.289 e. The molecule has 36 heavy (non-hydrogen) atoms. The Morgan fingerprint density at radius 2 is 1.47 bits per heavy atom. The Bertz CT molecular complexity index is 1670. The Hall–Kier alpha value is -3.50. The standard InChI is InChI=1S/C26H27N3O5S2/c1-3-16-35(31,32)24-22-21-13-9-8-12-20(21)14-15-29(22)23(25(24)36(33,34)17-4-2)26(30)28-27-18-19-10-6-5-7-11-19/h5-15,18H,3-4,16-17H2,1-2H3,(H,28,30)/b27-18-. The molecule has 4 rings (SSSR count). The summed E-state index contributed by atoms with van der Waals surface area (Å²) in [6, 6.07) is 17.9. The van der Waals surface area contributed by atoms with Crippen molar-refractivity contribution < 1.29 is 21.6 Å². The quantitative estimate of drug-likeness (QED) is 0.260. The van der Waals surface area contributed by atoms with Gasteiger partial charge in [-0.15, -0.1) is 0 Å². The minimum Gasteiger partial charge on any atom is -0.309 e. The van der Waals surface area contributed by atoms with Gasteiger partial charge in [0.05, 0.1) is 23.2 Å². The van der Waals surface area contributed by atoms with Crippen molar-refractivity contribution in [3.63, 3.8) is 0 Å². The molecule has 0 aliphatic rings. The minimum atomic E-state index is -4.14. The van der Waals surface area contributed by atoms with Crippen LogP contribution in [0.4, 0.5) is 0 Å². The molecule has 10 heteroatoms. The summed E-state index contributed by atoms with van der Waals surface area (Å²) in [5.41, 5.74) is 3.02. The minimum absolute atomic E-state index is 0.174. The first-order chi connectivity index (χ1) is 17.2. The predicted octanol–water partition coefficient (Wildman–Crippen LogP) is 4.22. The third kappa shape index (κ3) is 4.78. The van der Waals surface area contributed by atoms with Crippen LogP contribution in [0, 0.1) is 0 Å². The maximum atomic E-state index is 13.6. The van der Waals surface area contributed by atoms with Crippen molar-refractivity contribution >= 4 is 48.1 Å². The van der Waals surface area contributed by atoms with Crippen molar-refractivity contribution in [1.82, 2.24) is 9.83 Å². The van der Waals surface area contributed by atoms with Crippen LogP contribution in [0.5, 0.6) is 0 Å². The first kappa shape index (κ1) is 25.6. The number of rotatable bonds is 9. The molecule has 0 bridgehead atoms. The van der Waals surface area contributed by atoms with Gasteiger partial charge in [0.2, 0.25) is 0 Å². The molecule has 8 nitrogen and oxygen atoms in total. The van der Waals surface area contributed by atoms with Gasteiger partial charge in [-0.2, -0.15) is 5.10 Å². The topological polar surface area (TPSA) is 114 Å². The number of hydrazone groups is 1. The first-order valence-electron chi connectivity index (χ1n) is 11.6. The summed E-state index contributed by atoms with van der Waals surface area (Å²) in [6.07, 6.45) is 3.51. The molecular formula is C26H27N3O5S2. The molecule has 0 saturated carbocycles. The van der Waals surface area contributed by atoms with E-state index < -0.39 is 30.5 Å². The van der Waals surface area contributed by atoms with Crippen molar-refractivity contribution in [3.8, 4) is 0 Å². The molecule has 0 aliphatic carbocycles. The molecule has 0 spiro atoms. The van der Waals surface area contributed by atoms with Gasteiger partial charge in [-0.3, -0.25) is 4.79 Å². The number of fused-ring (bicyclic) bond motifs is 3. The van der Waals surface area contributed by atoms with Crippen molar-refractivity contribution in [3.05, 3.63) is 78.1 Å². The summed E-state index contributed by atoms with van der Waals surface area (Å²) in [5, 5.41) is 5.24. The number of hydrogen-bond acceptors (Lipinski definition) is 6. The highest BCUT2D eigenvalue weighted by atomic mass is 32.2. The summed E-state index contributed by atoms with van der Waals surface area (Å²) in [6.45, 7) is 3.40. The zero-order chi connectivity index (χ0) is 25.9. The van der Waals surface area contributed by atoms with Crippen LogP contribution in [0.2, 0.25) is 0 Å². The van der Waals surface area contributed by atoms with Crippen molar-refractivity contribution in [2.75, 3.05) is 11.5 Å². The number of hydrogen-bond donors (Lipinski definition) is 1. The molecule has 0 saturated heterocycles. The van der Waals surface area contributed by atoms with Crippen LogP contribution in [0.3, 0.4) is 0 Å². The number of nitrogens with one attached hydrogen (secondary N) is 1. The third-order valence-corrected chi connectivity index (χ3v) is 9.76. The third-order valence-electron chi connectivity index (χ3n) is 5.70. The van der Waals surface area contributed by atoms with Gasteiger partial charge >= 0.3 is 0 Å².